The molecule has 1 aliphatic heterocycles. The van der Waals surface area contributed by atoms with Crippen LogP contribution in [0.2, 0.25) is 0 Å². The number of hydrogen-bond donors (Lipinski definition) is 0. The number of halogens is 2. The first-order valence-electron chi connectivity index (χ1n) is 6.90. The van der Waals surface area contributed by atoms with Gasteiger partial charge in [0.25, 0.3) is 0 Å². The standard InChI is InChI=1S/C13H17BrClNO2S2/c14-13-12(7-10(8-15)19-13)20(17,18)16-6-2-4-9-3-1-5-11(9)16/h7,9,11H,1-6,8H2. The summed E-state index contributed by atoms with van der Waals surface area (Å²) in [5, 5.41) is 0. The van der Waals surface area contributed by atoms with E-state index in [0.717, 1.165) is 24.1 Å². The Hall–Kier alpha value is 0.380. The smallest absolute Gasteiger partial charge is 0.207 e. The van der Waals surface area contributed by atoms with Crippen LogP contribution in [0.15, 0.2) is 14.7 Å². The van der Waals surface area contributed by atoms with E-state index in [1.807, 2.05) is 0 Å². The average Bonchev–Trinajstić information content (AvgIpc) is 3.03. The first-order chi connectivity index (χ1) is 9.54. The summed E-state index contributed by atoms with van der Waals surface area (Å²) in [6.07, 6.45) is 5.49. The number of fused-ring (bicyclic) bond motifs is 1. The summed E-state index contributed by atoms with van der Waals surface area (Å²) in [5.41, 5.74) is 0. The molecule has 0 radical (unpaired) electrons. The zero-order valence-corrected chi connectivity index (χ0v) is 15.0. The molecule has 1 aromatic rings. The fraction of sp³-hybridized carbons (Fsp3) is 0.692. The molecule has 0 amide bonds. The summed E-state index contributed by atoms with van der Waals surface area (Å²) in [5.74, 6) is 0.911. The zero-order chi connectivity index (χ0) is 14.3. The van der Waals surface area contributed by atoms with Crippen molar-refractivity contribution in [1.29, 1.82) is 0 Å². The highest BCUT2D eigenvalue weighted by atomic mass is 79.9. The van der Waals surface area contributed by atoms with Gasteiger partial charge in [0.2, 0.25) is 10.0 Å². The Labute approximate surface area is 137 Å². The van der Waals surface area contributed by atoms with Crippen molar-refractivity contribution in [3.05, 3.63) is 14.7 Å². The van der Waals surface area contributed by atoms with E-state index in [9.17, 15) is 8.42 Å². The van der Waals surface area contributed by atoms with Gasteiger partial charge in [-0.1, -0.05) is 6.42 Å². The zero-order valence-electron chi connectivity index (χ0n) is 11.0. The summed E-state index contributed by atoms with van der Waals surface area (Å²) >= 11 is 10.6. The number of hydrogen-bond acceptors (Lipinski definition) is 3. The second-order valence-electron chi connectivity index (χ2n) is 5.50. The molecule has 3 rings (SSSR count). The molecule has 2 heterocycles. The molecule has 3 nitrogen and oxygen atoms in total. The third-order valence-electron chi connectivity index (χ3n) is 4.37. The molecule has 0 bridgehead atoms. The lowest BCUT2D eigenvalue weighted by Gasteiger charge is -2.36. The summed E-state index contributed by atoms with van der Waals surface area (Å²) in [6, 6.07) is 1.93. The molecular weight excluding hydrogens is 382 g/mol. The minimum absolute atomic E-state index is 0.208. The molecule has 2 fully saturated rings. The number of thiophene rings is 1. The first-order valence-corrected chi connectivity index (χ1v) is 10.5. The number of rotatable bonds is 3. The van der Waals surface area contributed by atoms with Crippen molar-refractivity contribution < 1.29 is 8.42 Å². The van der Waals surface area contributed by atoms with E-state index in [1.165, 1.54) is 24.2 Å². The molecule has 2 aliphatic rings. The van der Waals surface area contributed by atoms with E-state index in [-0.39, 0.29) is 6.04 Å². The fourth-order valence-corrected chi connectivity index (χ4v) is 7.95. The van der Waals surface area contributed by atoms with Gasteiger partial charge in [0, 0.05) is 17.5 Å². The maximum absolute atomic E-state index is 12.9. The topological polar surface area (TPSA) is 37.4 Å². The highest BCUT2D eigenvalue weighted by Crippen LogP contribution is 2.42. The summed E-state index contributed by atoms with van der Waals surface area (Å²) in [4.78, 5) is 1.28. The van der Waals surface area contributed by atoms with Crippen molar-refractivity contribution in [1.82, 2.24) is 4.31 Å². The second kappa shape index (κ2) is 5.88. The van der Waals surface area contributed by atoms with E-state index in [1.54, 1.807) is 10.4 Å². The minimum atomic E-state index is -3.40. The van der Waals surface area contributed by atoms with E-state index in [4.69, 9.17) is 11.6 Å². The maximum Gasteiger partial charge on any atom is 0.245 e. The van der Waals surface area contributed by atoms with Crippen molar-refractivity contribution >= 4 is 48.9 Å². The van der Waals surface area contributed by atoms with Crippen molar-refractivity contribution in [3.63, 3.8) is 0 Å². The Kier molecular flexibility index (Phi) is 4.49. The molecule has 112 valence electrons. The van der Waals surface area contributed by atoms with E-state index < -0.39 is 10.0 Å². The van der Waals surface area contributed by atoms with Gasteiger partial charge < -0.3 is 0 Å². The molecule has 0 aromatic carbocycles. The van der Waals surface area contributed by atoms with Crippen LogP contribution in [0.4, 0.5) is 0 Å². The number of alkyl halides is 1. The molecule has 0 spiro atoms. The normalized spacial score (nSPS) is 27.7. The molecule has 0 N–H and O–H groups in total. The number of nitrogens with zero attached hydrogens (tertiary/aromatic N) is 1. The third-order valence-corrected chi connectivity index (χ3v) is 8.99. The molecule has 7 heteroatoms. The van der Waals surface area contributed by atoms with Gasteiger partial charge in [-0.3, -0.25) is 0 Å². The molecule has 2 unspecified atom stereocenters. The van der Waals surface area contributed by atoms with E-state index in [0.29, 0.717) is 27.0 Å². The Morgan fingerprint density at radius 3 is 2.80 bits per heavy atom. The minimum Gasteiger partial charge on any atom is -0.207 e. The average molecular weight is 399 g/mol. The van der Waals surface area contributed by atoms with Gasteiger partial charge in [0.15, 0.2) is 0 Å². The van der Waals surface area contributed by atoms with E-state index >= 15 is 0 Å². The van der Waals surface area contributed by atoms with Crippen LogP contribution in [0, 0.1) is 5.92 Å². The largest absolute Gasteiger partial charge is 0.245 e. The molecule has 2 atom stereocenters. The molecule has 20 heavy (non-hydrogen) atoms. The van der Waals surface area contributed by atoms with Crippen molar-refractivity contribution in [2.75, 3.05) is 6.54 Å². The van der Waals surface area contributed by atoms with Crippen LogP contribution >= 0.6 is 38.9 Å². The van der Waals surface area contributed by atoms with E-state index in [2.05, 4.69) is 15.9 Å². The summed E-state index contributed by atoms with van der Waals surface area (Å²) in [7, 11) is -3.40. The van der Waals surface area contributed by atoms with Crippen LogP contribution in [0.3, 0.4) is 0 Å². The SMILES string of the molecule is O=S(=O)(c1cc(CCl)sc1Br)N1CCCC2CCCC21. The van der Waals surface area contributed by atoms with Crippen molar-refractivity contribution in [3.8, 4) is 0 Å². The predicted molar refractivity (Wildman–Crippen MR) is 85.8 cm³/mol. The highest BCUT2D eigenvalue weighted by Gasteiger charge is 2.42. The summed E-state index contributed by atoms with van der Waals surface area (Å²) < 4.78 is 28.3. The van der Waals surface area contributed by atoms with Crippen LogP contribution in [-0.2, 0) is 15.9 Å². The number of piperidine rings is 1. The molecule has 1 aliphatic carbocycles. The molecule has 1 saturated heterocycles. The third kappa shape index (κ3) is 2.58. The number of sulfonamides is 1. The van der Waals surface area contributed by atoms with Gasteiger partial charge in [-0.05, 0) is 53.6 Å². The Bertz CT molecular complexity index is 602. The first kappa shape index (κ1) is 15.3. The quantitative estimate of drug-likeness (QED) is 0.715. The van der Waals surface area contributed by atoms with Crippen molar-refractivity contribution in [2.45, 2.75) is 48.9 Å². The monoisotopic (exact) mass is 397 g/mol. The lowest BCUT2D eigenvalue weighted by Crippen LogP contribution is -2.46. The van der Waals surface area contributed by atoms with Crippen LogP contribution in [0.5, 0.6) is 0 Å². The Morgan fingerprint density at radius 1 is 1.35 bits per heavy atom. The Morgan fingerprint density at radius 2 is 2.10 bits per heavy atom. The van der Waals surface area contributed by atoms with Crippen LogP contribution in [-0.4, -0.2) is 25.3 Å². The maximum atomic E-state index is 12.9. The van der Waals surface area contributed by atoms with Crippen LogP contribution in [0.1, 0.15) is 37.0 Å². The molecule has 1 saturated carbocycles. The second-order valence-corrected chi connectivity index (χ2v) is 10.1. The fourth-order valence-electron chi connectivity index (χ4n) is 3.47. The van der Waals surface area contributed by atoms with Gasteiger partial charge in [0.1, 0.15) is 4.90 Å². The highest BCUT2D eigenvalue weighted by molar-refractivity contribution is 9.11. The lowest BCUT2D eigenvalue weighted by molar-refractivity contribution is 0.202. The van der Waals surface area contributed by atoms with Gasteiger partial charge in [-0.15, -0.1) is 22.9 Å². The predicted octanol–water partition coefficient (Wildman–Crippen LogP) is 4.20. The molecule has 1 aromatic heterocycles. The van der Waals surface area contributed by atoms with Gasteiger partial charge >= 0.3 is 0 Å². The van der Waals surface area contributed by atoms with Gasteiger partial charge in [-0.2, -0.15) is 4.31 Å². The summed E-state index contributed by atoms with van der Waals surface area (Å²) in [6.45, 7) is 0.655. The lowest BCUT2D eigenvalue weighted by atomic mass is 9.94. The van der Waals surface area contributed by atoms with Gasteiger partial charge in [0.05, 0.1) is 9.67 Å². The molecular formula is C13H17BrClNO2S2. The Balaban J connectivity index is 1.96. The van der Waals surface area contributed by atoms with Gasteiger partial charge in [-0.25, -0.2) is 8.42 Å². The van der Waals surface area contributed by atoms with Crippen molar-refractivity contribution in [2.24, 2.45) is 5.92 Å². The van der Waals surface area contributed by atoms with Crippen LogP contribution in [0.25, 0.3) is 0 Å². The van der Waals surface area contributed by atoms with Crippen LogP contribution < -0.4 is 0 Å².